The number of nitrogens with zero attached hydrogens (tertiary/aromatic N) is 3. The molecule has 2 saturated heterocycles. The zero-order chi connectivity index (χ0) is 37.7. The summed E-state index contributed by atoms with van der Waals surface area (Å²) >= 11 is 3.65. The number of aliphatic hydroxyl groups excluding tert-OH is 1. The lowest BCUT2D eigenvalue weighted by Crippen LogP contribution is -2.56. The van der Waals surface area contributed by atoms with Crippen molar-refractivity contribution in [2.24, 2.45) is 11.8 Å². The van der Waals surface area contributed by atoms with Crippen LogP contribution in [-0.2, 0) is 28.7 Å². The van der Waals surface area contributed by atoms with Gasteiger partial charge in [0.25, 0.3) is 5.91 Å². The van der Waals surface area contributed by atoms with Crippen LogP contribution >= 0.6 is 15.9 Å². The van der Waals surface area contributed by atoms with Crippen molar-refractivity contribution in [3.05, 3.63) is 82.9 Å². The Balaban J connectivity index is 1.43. The van der Waals surface area contributed by atoms with Crippen LogP contribution in [0.3, 0.4) is 0 Å². The van der Waals surface area contributed by atoms with Gasteiger partial charge in [0.05, 0.1) is 12.0 Å². The fourth-order valence-electron chi connectivity index (χ4n) is 8.38. The SMILES string of the molecule is CCN(CC)c1ccc(N2C/C=C\CCC(=O)N[C@@H](C)[C@H](c3ccccc3)OC(=O)[C@H]3[C@@H]4O[C@@]5(C=C4Br)[C@@H]3C(=O)N(CCCCCCO)[C@@H]5C2=O)cc1. The second kappa shape index (κ2) is 17.0. The molecule has 3 amide bonds. The number of likely N-dealkylation sites (tertiary alicyclic amines) is 1. The highest BCUT2D eigenvalue weighted by Gasteiger charge is 2.75. The predicted octanol–water partition coefficient (Wildman–Crippen LogP) is 5.43. The molecule has 2 N–H and O–H groups in total. The first-order chi connectivity index (χ1) is 25.6. The largest absolute Gasteiger partial charge is 0.455 e. The second-order valence-corrected chi connectivity index (χ2v) is 15.2. The predicted molar refractivity (Wildman–Crippen MR) is 206 cm³/mol. The lowest BCUT2D eigenvalue weighted by molar-refractivity contribution is -0.161. The Labute approximate surface area is 320 Å². The summed E-state index contributed by atoms with van der Waals surface area (Å²) in [7, 11) is 0. The van der Waals surface area contributed by atoms with Crippen LogP contribution in [0.1, 0.15) is 71.0 Å². The van der Waals surface area contributed by atoms with E-state index in [0.29, 0.717) is 41.5 Å². The molecule has 5 bridgehead atoms. The molecular weight excluding hydrogens is 740 g/mol. The molecule has 4 heterocycles. The molecule has 0 radical (unpaired) electrons. The van der Waals surface area contributed by atoms with Gasteiger partial charge in [-0.15, -0.1) is 0 Å². The number of ether oxygens (including phenoxy) is 2. The first-order valence-corrected chi connectivity index (χ1v) is 19.8. The number of unbranched alkanes of at least 4 members (excludes halogenated alkanes) is 3. The lowest BCUT2D eigenvalue weighted by Gasteiger charge is -2.36. The molecule has 12 heteroatoms. The number of fused-ring (bicyclic) bond motifs is 2. The van der Waals surface area contributed by atoms with Crippen molar-refractivity contribution < 1.29 is 33.8 Å². The normalized spacial score (nSPS) is 29.5. The van der Waals surface area contributed by atoms with Gasteiger partial charge in [0.1, 0.15) is 29.8 Å². The third kappa shape index (κ3) is 7.68. The van der Waals surface area contributed by atoms with Crippen molar-refractivity contribution in [1.29, 1.82) is 0 Å². The van der Waals surface area contributed by atoms with E-state index in [1.54, 1.807) is 16.7 Å². The third-order valence-electron chi connectivity index (χ3n) is 11.0. The molecule has 0 aliphatic carbocycles. The lowest BCUT2D eigenvalue weighted by atomic mass is 9.74. The van der Waals surface area contributed by atoms with E-state index in [1.807, 2.05) is 72.8 Å². The number of anilines is 2. The molecule has 0 unspecified atom stereocenters. The number of hydrogen-bond donors (Lipinski definition) is 2. The number of aliphatic hydroxyl groups is 1. The van der Waals surface area contributed by atoms with E-state index >= 15 is 4.79 Å². The molecule has 2 fully saturated rings. The van der Waals surface area contributed by atoms with E-state index < -0.39 is 47.7 Å². The molecule has 284 valence electrons. The Bertz CT molecular complexity index is 1700. The van der Waals surface area contributed by atoms with Gasteiger partial charge >= 0.3 is 5.97 Å². The number of benzene rings is 2. The van der Waals surface area contributed by atoms with Gasteiger partial charge in [-0.25, -0.2) is 0 Å². The van der Waals surface area contributed by atoms with Crippen molar-refractivity contribution in [1.82, 2.24) is 10.2 Å². The Kier molecular flexibility index (Phi) is 12.4. The van der Waals surface area contributed by atoms with Gasteiger partial charge in [-0.3, -0.25) is 19.2 Å². The van der Waals surface area contributed by atoms with Gasteiger partial charge < -0.3 is 34.6 Å². The maximum Gasteiger partial charge on any atom is 0.313 e. The highest BCUT2D eigenvalue weighted by molar-refractivity contribution is 9.11. The van der Waals surface area contributed by atoms with Crippen LogP contribution in [0.4, 0.5) is 11.4 Å². The van der Waals surface area contributed by atoms with Crippen molar-refractivity contribution >= 4 is 51.0 Å². The topological polar surface area (TPSA) is 129 Å². The number of allylic oxidation sites excluding steroid dienone is 1. The van der Waals surface area contributed by atoms with Crippen molar-refractivity contribution in [2.75, 3.05) is 42.6 Å². The summed E-state index contributed by atoms with van der Waals surface area (Å²) in [5.74, 6) is -3.48. The molecule has 4 aliphatic rings. The Hall–Kier alpha value is -4.00. The van der Waals surface area contributed by atoms with E-state index in [9.17, 15) is 19.5 Å². The van der Waals surface area contributed by atoms with Crippen LogP contribution in [0, 0.1) is 11.8 Å². The van der Waals surface area contributed by atoms with Crippen LogP contribution in [0.5, 0.6) is 0 Å². The number of esters is 1. The molecule has 0 saturated carbocycles. The first-order valence-electron chi connectivity index (χ1n) is 19.0. The number of hydrogen-bond acceptors (Lipinski definition) is 8. The van der Waals surface area contributed by atoms with Crippen molar-refractivity contribution in [3.8, 4) is 0 Å². The number of cyclic esters (lactones) is 1. The van der Waals surface area contributed by atoms with Crippen LogP contribution in [-0.4, -0.2) is 90.3 Å². The zero-order valence-electron chi connectivity index (χ0n) is 30.8. The Morgan fingerprint density at radius 3 is 2.34 bits per heavy atom. The van der Waals surface area contributed by atoms with Gasteiger partial charge in [0.15, 0.2) is 0 Å². The molecule has 2 aromatic carbocycles. The minimum absolute atomic E-state index is 0.0919. The third-order valence-corrected chi connectivity index (χ3v) is 11.7. The van der Waals surface area contributed by atoms with E-state index in [1.165, 1.54) is 0 Å². The van der Waals surface area contributed by atoms with E-state index in [2.05, 4.69) is 40.0 Å². The minimum atomic E-state index is -1.41. The van der Waals surface area contributed by atoms with Gasteiger partial charge in [-0.2, -0.15) is 0 Å². The molecule has 2 aromatic rings. The number of halogens is 1. The average molecular weight is 792 g/mol. The first kappa shape index (κ1) is 38.7. The highest BCUT2D eigenvalue weighted by atomic mass is 79.9. The van der Waals surface area contributed by atoms with E-state index in [-0.39, 0.29) is 37.3 Å². The number of carbonyl (C=O) groups is 4. The number of carbonyl (C=O) groups excluding carboxylic acids is 4. The summed E-state index contributed by atoms with van der Waals surface area (Å²) in [5, 5.41) is 12.4. The standard InChI is InChI=1S/C41H51BrN4O7/c1-4-44(5-2)29-19-21-30(22-20-29)45-23-14-9-12-18-32(48)43-27(3)35(28-16-10-8-11-17-28)52-40(51)33-34-38(49)46(24-13-6-7-15-25-47)37(39(45)50)41(34)26-31(42)36(33)53-41/h8-11,14,16-17,19-22,26-27,33-37,47H,4-7,12-13,15,18,23-25H2,1-3H3,(H,43,48)/b14-9-/t27-,33+,34-,35+,36+,37+,41-/m0/s1. The summed E-state index contributed by atoms with van der Waals surface area (Å²) in [6.07, 6.45) is 7.43. The van der Waals surface area contributed by atoms with Crippen LogP contribution in [0.15, 0.2) is 77.3 Å². The molecule has 6 rings (SSSR count). The Morgan fingerprint density at radius 2 is 1.64 bits per heavy atom. The molecule has 0 aromatic heterocycles. The minimum Gasteiger partial charge on any atom is -0.455 e. The molecule has 4 aliphatic heterocycles. The maximum atomic E-state index is 15.2. The van der Waals surface area contributed by atoms with Crippen LogP contribution < -0.4 is 15.1 Å². The van der Waals surface area contributed by atoms with E-state index in [0.717, 1.165) is 31.6 Å². The summed E-state index contributed by atoms with van der Waals surface area (Å²) < 4.78 is 13.6. The molecule has 1 spiro atoms. The zero-order valence-corrected chi connectivity index (χ0v) is 32.4. The van der Waals surface area contributed by atoms with Gasteiger partial charge in [-0.1, -0.05) is 71.3 Å². The van der Waals surface area contributed by atoms with Crippen molar-refractivity contribution in [3.63, 3.8) is 0 Å². The van der Waals surface area contributed by atoms with Crippen LogP contribution in [0.2, 0.25) is 0 Å². The number of amides is 3. The van der Waals surface area contributed by atoms with Gasteiger partial charge in [0, 0.05) is 55.1 Å². The fraction of sp³-hybridized carbons (Fsp3) is 0.512. The monoisotopic (exact) mass is 790 g/mol. The summed E-state index contributed by atoms with van der Waals surface area (Å²) in [6.45, 7) is 8.26. The summed E-state index contributed by atoms with van der Waals surface area (Å²) in [6, 6.07) is 15.5. The van der Waals surface area contributed by atoms with Gasteiger partial charge in [0.2, 0.25) is 11.8 Å². The second-order valence-electron chi connectivity index (χ2n) is 14.3. The summed E-state index contributed by atoms with van der Waals surface area (Å²) in [5.41, 5.74) is 0.989. The molecule has 11 nitrogen and oxygen atoms in total. The van der Waals surface area contributed by atoms with E-state index in [4.69, 9.17) is 9.47 Å². The van der Waals surface area contributed by atoms with Gasteiger partial charge in [-0.05, 0) is 75.9 Å². The molecule has 53 heavy (non-hydrogen) atoms. The average Bonchev–Trinajstić information content (AvgIpc) is 3.75. The smallest absolute Gasteiger partial charge is 0.313 e. The summed E-state index contributed by atoms with van der Waals surface area (Å²) in [4.78, 5) is 63.1. The van der Waals surface area contributed by atoms with Crippen molar-refractivity contribution in [2.45, 2.75) is 89.2 Å². The highest BCUT2D eigenvalue weighted by Crippen LogP contribution is 2.59. The Morgan fingerprint density at radius 1 is 0.925 bits per heavy atom. The maximum absolute atomic E-state index is 15.2. The number of nitrogens with one attached hydrogen (secondary N) is 1. The van der Waals surface area contributed by atoms with Crippen LogP contribution in [0.25, 0.3) is 0 Å². The molecule has 7 atom stereocenters. The number of rotatable bonds is 11. The molecular formula is C41H51BrN4O7. The quantitative estimate of drug-likeness (QED) is 0.175. The fourth-order valence-corrected chi connectivity index (χ4v) is 9.11.